The van der Waals surface area contributed by atoms with E-state index in [1.54, 1.807) is 11.8 Å². The zero-order chi connectivity index (χ0) is 24.9. The number of nitrogens with two attached hydrogens (primary N) is 1. The first-order valence-electron chi connectivity index (χ1n) is 12.0. The number of likely N-dealkylation sites (tertiary alicyclic amines) is 1. The number of β-lactam (4-membered cyclic amide) rings is 1. The molecular formula is C23H34N4O6S. The number of nitrogens with one attached hydrogen (secondary N) is 1. The van der Waals surface area contributed by atoms with Crippen LogP contribution in [0.4, 0.5) is 0 Å². The molecule has 0 spiro atoms. The normalized spacial score (nSPS) is 36.0. The van der Waals surface area contributed by atoms with Gasteiger partial charge in [0.05, 0.1) is 24.1 Å². The van der Waals surface area contributed by atoms with E-state index in [4.69, 9.17) is 5.73 Å². The maximum absolute atomic E-state index is 13.0. The van der Waals surface area contributed by atoms with Gasteiger partial charge in [-0.3, -0.25) is 14.4 Å². The van der Waals surface area contributed by atoms with Gasteiger partial charge in [-0.15, -0.1) is 11.8 Å². The Morgan fingerprint density at radius 2 is 2.00 bits per heavy atom. The first-order valence-corrected chi connectivity index (χ1v) is 12.9. The number of carbonyl (C=O) groups excluding carboxylic acids is 3. The number of fused-ring (bicyclic) bond motifs is 1. The van der Waals surface area contributed by atoms with Gasteiger partial charge in [0.1, 0.15) is 11.5 Å². The third-order valence-corrected chi connectivity index (χ3v) is 9.19. The number of Topliss-reactive ketones (excluding diaryl/α,β-unsaturated/α-hetero) is 1. The average molecular weight is 495 g/mol. The lowest BCUT2D eigenvalue weighted by atomic mass is 9.73. The van der Waals surface area contributed by atoms with E-state index in [2.05, 4.69) is 5.32 Å². The monoisotopic (exact) mass is 494 g/mol. The molecular weight excluding hydrogens is 460 g/mol. The number of hydrogen-bond donors (Lipinski definition) is 4. The Kier molecular flexibility index (Phi) is 7.10. The Labute approximate surface area is 203 Å². The average Bonchev–Trinajstić information content (AvgIpc) is 3.44. The van der Waals surface area contributed by atoms with Crippen LogP contribution in [0.25, 0.3) is 0 Å². The van der Waals surface area contributed by atoms with Gasteiger partial charge in [-0.25, -0.2) is 4.79 Å². The Morgan fingerprint density at radius 3 is 2.59 bits per heavy atom. The number of rotatable bonds is 8. The highest BCUT2D eigenvalue weighted by Gasteiger charge is 2.60. The van der Waals surface area contributed by atoms with E-state index in [1.165, 1.54) is 16.7 Å². The highest BCUT2D eigenvalue weighted by atomic mass is 32.2. The summed E-state index contributed by atoms with van der Waals surface area (Å²) in [5.41, 5.74) is 5.87. The third-order valence-electron chi connectivity index (χ3n) is 7.68. The van der Waals surface area contributed by atoms with E-state index in [1.807, 2.05) is 13.8 Å². The Bertz CT molecular complexity index is 915. The van der Waals surface area contributed by atoms with Gasteiger partial charge >= 0.3 is 5.97 Å². The number of ketones is 1. The molecule has 0 aromatic carbocycles. The van der Waals surface area contributed by atoms with Gasteiger partial charge in [0.2, 0.25) is 11.8 Å². The molecule has 3 fully saturated rings. The quantitative estimate of drug-likeness (QED) is 0.335. The second kappa shape index (κ2) is 9.60. The van der Waals surface area contributed by atoms with Crippen LogP contribution in [-0.2, 0) is 19.2 Å². The van der Waals surface area contributed by atoms with E-state index < -0.39 is 24.2 Å². The minimum absolute atomic E-state index is 0.0201. The van der Waals surface area contributed by atoms with Gasteiger partial charge in [0.15, 0.2) is 0 Å². The molecule has 0 saturated carbocycles. The summed E-state index contributed by atoms with van der Waals surface area (Å²) in [6.45, 7) is 6.72. The highest BCUT2D eigenvalue weighted by molar-refractivity contribution is 8.03. The van der Waals surface area contributed by atoms with Crippen LogP contribution in [0.5, 0.6) is 0 Å². The maximum Gasteiger partial charge on any atom is 0.353 e. The number of amides is 2. The van der Waals surface area contributed by atoms with Crippen molar-refractivity contribution in [2.45, 2.75) is 69.5 Å². The predicted octanol–water partition coefficient (Wildman–Crippen LogP) is -0.241. The van der Waals surface area contributed by atoms with Crippen LogP contribution in [0.15, 0.2) is 10.6 Å². The number of carbonyl (C=O) groups is 4. The van der Waals surface area contributed by atoms with Crippen molar-refractivity contribution in [3.63, 3.8) is 0 Å². The van der Waals surface area contributed by atoms with Crippen molar-refractivity contribution in [1.82, 2.24) is 15.1 Å². The second-order valence-corrected chi connectivity index (χ2v) is 11.4. The number of aliphatic carboxylic acids is 1. The second-order valence-electron chi connectivity index (χ2n) is 10.0. The number of thioether (sulfide) groups is 1. The molecule has 11 heteroatoms. The van der Waals surface area contributed by atoms with Gasteiger partial charge in [0.25, 0.3) is 0 Å². The fourth-order valence-corrected chi connectivity index (χ4v) is 7.25. The topological polar surface area (TPSA) is 153 Å². The molecule has 0 aromatic rings. The van der Waals surface area contributed by atoms with Gasteiger partial charge in [-0.2, -0.15) is 0 Å². The molecule has 0 radical (unpaired) electrons. The van der Waals surface area contributed by atoms with Gasteiger partial charge in [-0.1, -0.05) is 20.8 Å². The van der Waals surface area contributed by atoms with E-state index in [0.29, 0.717) is 37.3 Å². The molecule has 4 rings (SSSR count). The van der Waals surface area contributed by atoms with Crippen LogP contribution in [0.1, 0.15) is 40.0 Å². The summed E-state index contributed by atoms with van der Waals surface area (Å²) in [5, 5.41) is 23.0. The fourth-order valence-electron chi connectivity index (χ4n) is 5.77. The first-order chi connectivity index (χ1) is 16.0. The molecule has 1 unspecified atom stereocenters. The summed E-state index contributed by atoms with van der Waals surface area (Å²) in [6.07, 6.45) is 0.548. The lowest BCUT2D eigenvalue weighted by molar-refractivity contribution is -0.160. The van der Waals surface area contributed by atoms with Crippen molar-refractivity contribution in [3.05, 3.63) is 10.6 Å². The molecule has 0 aromatic heterocycles. The number of aliphatic hydroxyl groups is 1. The zero-order valence-electron chi connectivity index (χ0n) is 19.8. The number of β-amino-alcohol motifs (C(OH)–C–C–N with tert-alkyl or cyclic N) is 1. The summed E-state index contributed by atoms with van der Waals surface area (Å²) in [7, 11) is 0. The lowest BCUT2D eigenvalue weighted by Gasteiger charge is -2.47. The molecule has 10 nitrogen and oxygen atoms in total. The SMILES string of the molecule is CCC(=O)C[C@H](C)[C@H]1C(=O)N2C(C(=O)O)=C(S[C@@H]3CN[C@H](C(=O)N4C[C@@H](O)[C@@H](N)C4)C3)[C@H](C)C12. The highest BCUT2D eigenvalue weighted by Crippen LogP contribution is 2.53. The van der Waals surface area contributed by atoms with Crippen LogP contribution < -0.4 is 11.1 Å². The largest absolute Gasteiger partial charge is 0.477 e. The van der Waals surface area contributed by atoms with Crippen molar-refractivity contribution in [2.75, 3.05) is 19.6 Å². The van der Waals surface area contributed by atoms with E-state index in [9.17, 15) is 29.4 Å². The van der Waals surface area contributed by atoms with Crippen molar-refractivity contribution in [2.24, 2.45) is 23.5 Å². The minimum Gasteiger partial charge on any atom is -0.477 e. The standard InChI is InChI=1S/C23H34N4O6S/c1-4-12(28)5-10(2)17-18-11(3)20(19(23(32)33)27(18)22(17)31)34-13-6-15(25-7-13)21(30)26-8-14(24)16(29)9-26/h10-11,13-18,25,29H,4-9,24H2,1-3H3,(H,32,33)/t10-,11+,13-,14-,15-,16+,17+,18?/m0/s1. The van der Waals surface area contributed by atoms with Crippen molar-refractivity contribution in [3.8, 4) is 0 Å². The predicted molar refractivity (Wildman–Crippen MR) is 125 cm³/mol. The van der Waals surface area contributed by atoms with Gasteiger partial charge in [0, 0.05) is 54.6 Å². The summed E-state index contributed by atoms with van der Waals surface area (Å²) in [4.78, 5) is 53.5. The van der Waals surface area contributed by atoms with E-state index >= 15 is 0 Å². The summed E-state index contributed by atoms with van der Waals surface area (Å²) < 4.78 is 0. The molecule has 5 N–H and O–H groups in total. The number of carboxylic acids is 1. The van der Waals surface area contributed by atoms with Gasteiger partial charge in [-0.05, 0) is 12.3 Å². The van der Waals surface area contributed by atoms with Crippen molar-refractivity contribution < 1.29 is 29.4 Å². The molecule has 4 aliphatic heterocycles. The van der Waals surface area contributed by atoms with Crippen LogP contribution in [0.2, 0.25) is 0 Å². The number of aliphatic hydroxyl groups excluding tert-OH is 1. The molecule has 8 atom stereocenters. The molecule has 0 aliphatic carbocycles. The van der Waals surface area contributed by atoms with Crippen LogP contribution in [0.3, 0.4) is 0 Å². The molecule has 0 bridgehead atoms. The summed E-state index contributed by atoms with van der Waals surface area (Å²) in [6, 6.07) is -1.10. The van der Waals surface area contributed by atoms with Crippen molar-refractivity contribution >= 4 is 35.3 Å². The fraction of sp³-hybridized carbons (Fsp3) is 0.739. The van der Waals surface area contributed by atoms with Crippen LogP contribution in [-0.4, -0.2) is 92.7 Å². The Balaban J connectivity index is 1.44. The number of nitrogens with zero attached hydrogens (tertiary/aromatic N) is 2. The zero-order valence-corrected chi connectivity index (χ0v) is 20.6. The maximum atomic E-state index is 13.0. The lowest BCUT2D eigenvalue weighted by Crippen LogP contribution is -2.62. The molecule has 188 valence electrons. The van der Waals surface area contributed by atoms with Crippen LogP contribution >= 0.6 is 11.8 Å². The molecule has 3 saturated heterocycles. The number of carboxylic acid groups (broad SMARTS) is 1. The minimum atomic E-state index is -1.13. The van der Waals surface area contributed by atoms with Crippen LogP contribution in [0, 0.1) is 17.8 Å². The molecule has 4 aliphatic rings. The van der Waals surface area contributed by atoms with Crippen molar-refractivity contribution in [1.29, 1.82) is 0 Å². The first kappa shape index (κ1) is 25.2. The number of hydrogen-bond acceptors (Lipinski definition) is 8. The van der Waals surface area contributed by atoms with Gasteiger partial charge < -0.3 is 31.1 Å². The van der Waals surface area contributed by atoms with E-state index in [-0.39, 0.29) is 58.9 Å². The smallest absolute Gasteiger partial charge is 0.353 e. The summed E-state index contributed by atoms with van der Waals surface area (Å²) >= 11 is 1.44. The summed E-state index contributed by atoms with van der Waals surface area (Å²) in [5.74, 6) is -2.00. The molecule has 4 heterocycles. The Hall–Kier alpha value is -1.95. The van der Waals surface area contributed by atoms with E-state index in [0.717, 1.165) is 0 Å². The third kappa shape index (κ3) is 4.27. The Morgan fingerprint density at radius 1 is 1.29 bits per heavy atom. The molecule has 34 heavy (non-hydrogen) atoms. The molecule has 2 amide bonds.